The maximum atomic E-state index is 11.9. The zero-order valence-corrected chi connectivity index (χ0v) is 14.2. The summed E-state index contributed by atoms with van der Waals surface area (Å²) in [5.41, 5.74) is 1.96. The van der Waals surface area contributed by atoms with Gasteiger partial charge in [-0.3, -0.25) is 0 Å². The predicted molar refractivity (Wildman–Crippen MR) is 91.6 cm³/mol. The van der Waals surface area contributed by atoms with Gasteiger partial charge in [0.2, 0.25) is 0 Å². The summed E-state index contributed by atoms with van der Waals surface area (Å²) in [6.45, 7) is 7.23. The van der Waals surface area contributed by atoms with Crippen LogP contribution in [0.2, 0.25) is 0 Å². The van der Waals surface area contributed by atoms with Gasteiger partial charge in [0.15, 0.2) is 6.10 Å². The first-order chi connectivity index (χ1) is 10.8. The second-order valence-electron chi connectivity index (χ2n) is 6.60. The van der Waals surface area contributed by atoms with Crippen molar-refractivity contribution in [3.05, 3.63) is 65.7 Å². The minimum atomic E-state index is -0.630. The fourth-order valence-corrected chi connectivity index (χ4v) is 2.15. The summed E-state index contributed by atoms with van der Waals surface area (Å²) in [7, 11) is 0. The molecule has 23 heavy (non-hydrogen) atoms. The van der Waals surface area contributed by atoms with E-state index in [1.807, 2.05) is 63.2 Å². The van der Waals surface area contributed by atoms with E-state index in [2.05, 4.69) is 12.1 Å². The Morgan fingerprint density at radius 2 is 1.52 bits per heavy atom. The van der Waals surface area contributed by atoms with Gasteiger partial charge >= 0.3 is 5.97 Å². The Balaban J connectivity index is 1.93. The number of carbonyl (C=O) groups is 1. The molecule has 2 aromatic carbocycles. The molecule has 0 spiro atoms. The molecule has 0 aromatic heterocycles. The lowest BCUT2D eigenvalue weighted by Gasteiger charge is -2.22. The van der Waals surface area contributed by atoms with Crippen LogP contribution in [0.1, 0.15) is 38.8 Å². The Morgan fingerprint density at radius 3 is 2.09 bits per heavy atom. The van der Waals surface area contributed by atoms with E-state index in [1.165, 1.54) is 11.1 Å². The first kappa shape index (κ1) is 17.1. The van der Waals surface area contributed by atoms with Crippen molar-refractivity contribution in [3.8, 4) is 5.75 Å². The molecule has 0 heterocycles. The molecule has 0 bridgehead atoms. The highest BCUT2D eigenvalue weighted by atomic mass is 16.6. The highest BCUT2D eigenvalue weighted by Crippen LogP contribution is 2.18. The van der Waals surface area contributed by atoms with E-state index in [1.54, 1.807) is 6.92 Å². The SMILES string of the molecule is C[C@H](Oc1ccc(Cc2ccccc2)cc1)C(=O)OC(C)(C)C. The number of carbonyl (C=O) groups excluding carboxylic acids is 1. The van der Waals surface area contributed by atoms with Gasteiger partial charge < -0.3 is 9.47 Å². The van der Waals surface area contributed by atoms with Gasteiger partial charge in [0, 0.05) is 0 Å². The minimum Gasteiger partial charge on any atom is -0.479 e. The van der Waals surface area contributed by atoms with Crippen molar-refractivity contribution in [1.29, 1.82) is 0 Å². The second-order valence-corrected chi connectivity index (χ2v) is 6.60. The summed E-state index contributed by atoms with van der Waals surface area (Å²) >= 11 is 0. The highest BCUT2D eigenvalue weighted by molar-refractivity contribution is 5.75. The number of hydrogen-bond acceptors (Lipinski definition) is 3. The molecule has 122 valence electrons. The molecular weight excluding hydrogens is 288 g/mol. The van der Waals surface area contributed by atoms with Crippen LogP contribution in [0.5, 0.6) is 5.75 Å². The average Bonchev–Trinajstić information content (AvgIpc) is 2.48. The zero-order chi connectivity index (χ0) is 16.9. The molecule has 3 nitrogen and oxygen atoms in total. The van der Waals surface area contributed by atoms with Crippen molar-refractivity contribution in [1.82, 2.24) is 0 Å². The normalized spacial score (nSPS) is 12.5. The molecule has 0 fully saturated rings. The van der Waals surface area contributed by atoms with Crippen LogP contribution in [0.3, 0.4) is 0 Å². The molecule has 0 aliphatic carbocycles. The maximum Gasteiger partial charge on any atom is 0.347 e. The van der Waals surface area contributed by atoms with Crippen molar-refractivity contribution in [3.63, 3.8) is 0 Å². The monoisotopic (exact) mass is 312 g/mol. The van der Waals surface area contributed by atoms with Gasteiger partial charge in [0.05, 0.1) is 0 Å². The molecule has 2 aromatic rings. The summed E-state index contributed by atoms with van der Waals surface area (Å²) in [4.78, 5) is 11.9. The Bertz CT molecular complexity index is 624. The molecule has 0 saturated heterocycles. The summed E-state index contributed by atoms with van der Waals surface area (Å²) in [6.07, 6.45) is 0.247. The molecule has 0 radical (unpaired) electrons. The molecule has 3 heteroatoms. The van der Waals surface area contributed by atoms with E-state index >= 15 is 0 Å². The van der Waals surface area contributed by atoms with Crippen molar-refractivity contribution in [2.24, 2.45) is 0 Å². The van der Waals surface area contributed by atoms with Crippen molar-refractivity contribution < 1.29 is 14.3 Å². The zero-order valence-electron chi connectivity index (χ0n) is 14.2. The van der Waals surface area contributed by atoms with Crippen LogP contribution in [0.4, 0.5) is 0 Å². The quantitative estimate of drug-likeness (QED) is 0.768. The van der Waals surface area contributed by atoms with E-state index < -0.39 is 11.7 Å². The summed E-state index contributed by atoms with van der Waals surface area (Å²) in [5.74, 6) is 0.311. The number of esters is 1. The van der Waals surface area contributed by atoms with E-state index in [0.717, 1.165) is 6.42 Å². The molecule has 0 unspecified atom stereocenters. The van der Waals surface area contributed by atoms with Crippen LogP contribution in [-0.4, -0.2) is 17.7 Å². The van der Waals surface area contributed by atoms with Gasteiger partial charge in [-0.1, -0.05) is 42.5 Å². The third-order valence-electron chi connectivity index (χ3n) is 3.23. The molecule has 0 N–H and O–H groups in total. The predicted octanol–water partition coefficient (Wildman–Crippen LogP) is 4.39. The van der Waals surface area contributed by atoms with Crippen LogP contribution in [0.25, 0.3) is 0 Å². The van der Waals surface area contributed by atoms with Gasteiger partial charge in [-0.15, -0.1) is 0 Å². The molecular formula is C20H24O3. The average molecular weight is 312 g/mol. The Kier molecular flexibility index (Phi) is 5.43. The molecule has 0 amide bonds. The smallest absolute Gasteiger partial charge is 0.347 e. The van der Waals surface area contributed by atoms with Crippen LogP contribution < -0.4 is 4.74 Å². The maximum absolute atomic E-state index is 11.9. The lowest BCUT2D eigenvalue weighted by Crippen LogP contribution is -2.33. The largest absolute Gasteiger partial charge is 0.479 e. The lowest BCUT2D eigenvalue weighted by atomic mass is 10.1. The lowest BCUT2D eigenvalue weighted by molar-refractivity contribution is -0.162. The van der Waals surface area contributed by atoms with Crippen LogP contribution >= 0.6 is 0 Å². The Hall–Kier alpha value is -2.29. The third kappa shape index (κ3) is 5.78. The second kappa shape index (κ2) is 7.32. The first-order valence-corrected chi connectivity index (χ1v) is 7.86. The third-order valence-corrected chi connectivity index (χ3v) is 3.23. The number of benzene rings is 2. The minimum absolute atomic E-state index is 0.356. The van der Waals surface area contributed by atoms with Gasteiger partial charge in [0.1, 0.15) is 11.4 Å². The molecule has 0 aliphatic heterocycles. The fraction of sp³-hybridized carbons (Fsp3) is 0.350. The number of hydrogen-bond donors (Lipinski definition) is 0. The first-order valence-electron chi connectivity index (χ1n) is 7.86. The van der Waals surface area contributed by atoms with E-state index in [-0.39, 0.29) is 5.97 Å². The molecule has 1 atom stereocenters. The van der Waals surface area contributed by atoms with Gasteiger partial charge in [-0.25, -0.2) is 4.79 Å². The molecule has 0 saturated carbocycles. The van der Waals surface area contributed by atoms with Crippen LogP contribution in [0, 0.1) is 0 Å². The summed E-state index contributed by atoms with van der Waals surface area (Å²) in [5, 5.41) is 0. The van der Waals surface area contributed by atoms with Gasteiger partial charge in [-0.05, 0) is 57.4 Å². The van der Waals surface area contributed by atoms with Crippen molar-refractivity contribution in [2.75, 3.05) is 0 Å². The van der Waals surface area contributed by atoms with E-state index in [4.69, 9.17) is 9.47 Å². The Morgan fingerprint density at radius 1 is 0.957 bits per heavy atom. The fourth-order valence-electron chi connectivity index (χ4n) is 2.15. The van der Waals surface area contributed by atoms with Crippen LogP contribution in [-0.2, 0) is 16.0 Å². The highest BCUT2D eigenvalue weighted by Gasteiger charge is 2.22. The Labute approximate surface area is 138 Å². The number of ether oxygens (including phenoxy) is 2. The van der Waals surface area contributed by atoms with Crippen molar-refractivity contribution >= 4 is 5.97 Å². The van der Waals surface area contributed by atoms with Crippen LogP contribution in [0.15, 0.2) is 54.6 Å². The van der Waals surface area contributed by atoms with Gasteiger partial charge in [0.25, 0.3) is 0 Å². The summed E-state index contributed by atoms with van der Waals surface area (Å²) in [6, 6.07) is 18.1. The summed E-state index contributed by atoms with van der Waals surface area (Å²) < 4.78 is 11.0. The standard InChI is InChI=1S/C20H24O3/c1-15(19(21)23-20(2,3)4)22-18-12-10-17(11-13-18)14-16-8-6-5-7-9-16/h5-13,15H,14H2,1-4H3/t15-/m0/s1. The van der Waals surface area contributed by atoms with E-state index in [9.17, 15) is 4.79 Å². The van der Waals surface area contributed by atoms with Gasteiger partial charge in [-0.2, -0.15) is 0 Å². The van der Waals surface area contributed by atoms with Crippen molar-refractivity contribution in [2.45, 2.75) is 45.8 Å². The topological polar surface area (TPSA) is 35.5 Å². The molecule has 0 aliphatic rings. The molecule has 2 rings (SSSR count). The number of rotatable bonds is 5. The van der Waals surface area contributed by atoms with E-state index in [0.29, 0.717) is 5.75 Å².